The lowest BCUT2D eigenvalue weighted by Crippen LogP contribution is -2.21. The Hall–Kier alpha value is -6.09. The Morgan fingerprint density at radius 2 is 1.02 bits per heavy atom. The van der Waals surface area contributed by atoms with Crippen LogP contribution in [0, 0.1) is 5.82 Å². The number of hydrogen-bond donors (Lipinski definition) is 2. The van der Waals surface area contributed by atoms with Gasteiger partial charge < -0.3 is 19.7 Å². The number of ether oxygens (including phenoxy) is 2. The summed E-state index contributed by atoms with van der Waals surface area (Å²) in [7, 11) is 0. The minimum atomic E-state index is -1.32. The monoisotopic (exact) mass is 590 g/mol. The molecule has 5 rings (SSSR count). The number of carbonyl (C=O) groups is 4. The van der Waals surface area contributed by atoms with Gasteiger partial charge in [0.25, 0.3) is 0 Å². The molecule has 0 heterocycles. The zero-order valence-electron chi connectivity index (χ0n) is 22.9. The third-order valence-corrected chi connectivity index (χ3v) is 6.65. The van der Waals surface area contributed by atoms with Gasteiger partial charge in [-0.15, -0.1) is 0 Å². The Labute approximate surface area is 250 Å². The number of halogens is 1. The lowest BCUT2D eigenvalue weighted by atomic mass is 9.88. The van der Waals surface area contributed by atoms with E-state index in [0.29, 0.717) is 0 Å². The largest absolute Gasteiger partial charge is 0.504 e. The predicted octanol–water partition coefficient (Wildman–Crippen LogP) is 6.28. The lowest BCUT2D eigenvalue weighted by molar-refractivity contribution is 0.0461. The second-order valence-electron chi connectivity index (χ2n) is 9.46. The van der Waals surface area contributed by atoms with Crippen molar-refractivity contribution >= 4 is 23.5 Å². The number of phenolic OH excluding ortho intramolecular Hbond substituents is 2. The first kappa shape index (κ1) is 29.4. The number of rotatable bonds is 9. The van der Waals surface area contributed by atoms with Crippen molar-refractivity contribution in [2.45, 2.75) is 6.61 Å². The van der Waals surface area contributed by atoms with E-state index in [9.17, 15) is 33.8 Å². The normalized spacial score (nSPS) is 10.6. The zero-order valence-corrected chi connectivity index (χ0v) is 22.9. The molecule has 5 aromatic rings. The average Bonchev–Trinajstić information content (AvgIpc) is 3.06. The van der Waals surface area contributed by atoms with Gasteiger partial charge in [0.2, 0.25) is 5.75 Å². The highest BCUT2D eigenvalue weighted by molar-refractivity contribution is 6.24. The van der Waals surface area contributed by atoms with Crippen molar-refractivity contribution < 1.29 is 43.3 Å². The van der Waals surface area contributed by atoms with Gasteiger partial charge in [-0.2, -0.15) is 0 Å². The van der Waals surface area contributed by atoms with Crippen molar-refractivity contribution in [3.05, 3.63) is 160 Å². The number of esters is 2. The molecule has 0 aromatic heterocycles. The molecule has 0 atom stereocenters. The first-order valence-electron chi connectivity index (χ1n) is 13.3. The molecule has 5 aromatic carbocycles. The van der Waals surface area contributed by atoms with Crippen molar-refractivity contribution in [3.8, 4) is 17.2 Å². The summed E-state index contributed by atoms with van der Waals surface area (Å²) in [6.45, 7) is -0.607. The van der Waals surface area contributed by atoms with Crippen LogP contribution in [0.5, 0.6) is 17.2 Å². The number of hydrogen-bond acceptors (Lipinski definition) is 8. The van der Waals surface area contributed by atoms with E-state index >= 15 is 0 Å². The van der Waals surface area contributed by atoms with Crippen LogP contribution >= 0.6 is 0 Å². The molecule has 44 heavy (non-hydrogen) atoms. The standard InChI is InChI=1S/C35H23FO8/c36-25-19-11-10-18-24(25)20-43-35(42)26-27(29(37)21-12-4-1-5-13-21)31(39)32(40)33(44-34(41)23-16-8-3-9-17-23)28(26)30(38)22-14-6-2-7-15-22/h1-19,39-40H,20H2. The van der Waals surface area contributed by atoms with E-state index in [2.05, 4.69) is 0 Å². The Kier molecular flexibility index (Phi) is 8.57. The van der Waals surface area contributed by atoms with Gasteiger partial charge in [-0.3, -0.25) is 9.59 Å². The maximum atomic E-state index is 14.4. The van der Waals surface area contributed by atoms with E-state index in [1.807, 2.05) is 0 Å². The highest BCUT2D eigenvalue weighted by Gasteiger charge is 2.37. The summed E-state index contributed by atoms with van der Waals surface area (Å²) in [5.74, 6) is -8.03. The maximum absolute atomic E-state index is 14.4. The third-order valence-electron chi connectivity index (χ3n) is 6.65. The molecular weight excluding hydrogens is 567 g/mol. The van der Waals surface area contributed by atoms with Gasteiger partial charge in [0.1, 0.15) is 12.4 Å². The van der Waals surface area contributed by atoms with Crippen LogP contribution in [0.4, 0.5) is 4.39 Å². The first-order chi connectivity index (χ1) is 21.3. The van der Waals surface area contributed by atoms with Gasteiger partial charge in [0.05, 0.1) is 22.3 Å². The van der Waals surface area contributed by atoms with Gasteiger partial charge >= 0.3 is 11.9 Å². The van der Waals surface area contributed by atoms with Gasteiger partial charge in [-0.1, -0.05) is 97.1 Å². The van der Waals surface area contributed by atoms with E-state index in [-0.39, 0.29) is 22.3 Å². The zero-order chi connectivity index (χ0) is 31.2. The Balaban J connectivity index is 1.76. The van der Waals surface area contributed by atoms with E-state index in [1.165, 1.54) is 78.9 Å². The highest BCUT2D eigenvalue weighted by Crippen LogP contribution is 2.46. The molecule has 0 aliphatic carbocycles. The molecule has 8 nitrogen and oxygen atoms in total. The Morgan fingerprint density at radius 3 is 1.57 bits per heavy atom. The predicted molar refractivity (Wildman–Crippen MR) is 156 cm³/mol. The van der Waals surface area contributed by atoms with Crippen molar-refractivity contribution in [1.82, 2.24) is 0 Å². The number of carbonyl (C=O) groups excluding carboxylic acids is 4. The van der Waals surface area contributed by atoms with Crippen LogP contribution in [0.25, 0.3) is 0 Å². The quantitative estimate of drug-likeness (QED) is 0.0890. The fourth-order valence-corrected chi connectivity index (χ4v) is 4.47. The molecule has 0 bridgehead atoms. The molecule has 0 amide bonds. The topological polar surface area (TPSA) is 127 Å². The molecule has 0 spiro atoms. The van der Waals surface area contributed by atoms with Gasteiger partial charge in [-0.25, -0.2) is 14.0 Å². The van der Waals surface area contributed by atoms with E-state index in [4.69, 9.17) is 9.47 Å². The minimum absolute atomic E-state index is 0.00232. The molecule has 0 fully saturated rings. The van der Waals surface area contributed by atoms with Crippen molar-refractivity contribution in [1.29, 1.82) is 0 Å². The van der Waals surface area contributed by atoms with Gasteiger partial charge in [0.15, 0.2) is 23.1 Å². The number of benzene rings is 5. The second-order valence-corrected chi connectivity index (χ2v) is 9.46. The molecular formula is C35H23FO8. The second kappa shape index (κ2) is 12.8. The number of phenols is 2. The van der Waals surface area contributed by atoms with E-state index < -0.39 is 69.9 Å². The third kappa shape index (κ3) is 5.93. The van der Waals surface area contributed by atoms with Crippen LogP contribution < -0.4 is 4.74 Å². The smallest absolute Gasteiger partial charge is 0.343 e. The van der Waals surface area contributed by atoms with Gasteiger partial charge in [-0.05, 0) is 18.2 Å². The molecule has 218 valence electrons. The lowest BCUT2D eigenvalue weighted by Gasteiger charge is -2.20. The first-order valence-corrected chi connectivity index (χ1v) is 13.3. The molecule has 2 N–H and O–H groups in total. The summed E-state index contributed by atoms with van der Waals surface area (Å²) >= 11 is 0. The van der Waals surface area contributed by atoms with E-state index in [1.54, 1.807) is 30.3 Å². The van der Waals surface area contributed by atoms with Crippen molar-refractivity contribution in [2.24, 2.45) is 0 Å². The molecule has 0 radical (unpaired) electrons. The summed E-state index contributed by atoms with van der Waals surface area (Å²) < 4.78 is 25.2. The van der Waals surface area contributed by atoms with Crippen LogP contribution in [0.15, 0.2) is 115 Å². The van der Waals surface area contributed by atoms with Crippen LogP contribution in [0.2, 0.25) is 0 Å². The summed E-state index contributed by atoms with van der Waals surface area (Å²) in [6, 6.07) is 28.1. The summed E-state index contributed by atoms with van der Waals surface area (Å²) in [4.78, 5) is 54.8. The van der Waals surface area contributed by atoms with E-state index in [0.717, 1.165) is 6.07 Å². The van der Waals surface area contributed by atoms with Crippen LogP contribution in [0.3, 0.4) is 0 Å². The molecule has 0 saturated carbocycles. The minimum Gasteiger partial charge on any atom is -0.504 e. The molecule has 0 saturated heterocycles. The van der Waals surface area contributed by atoms with Crippen LogP contribution in [0.1, 0.15) is 58.1 Å². The fourth-order valence-electron chi connectivity index (χ4n) is 4.47. The maximum Gasteiger partial charge on any atom is 0.343 e. The average molecular weight is 591 g/mol. The SMILES string of the molecule is O=C(Oc1c(O)c(O)c(C(=O)c2ccccc2)c(C(=O)OCc2ccccc2F)c1C(=O)c1ccccc1)c1ccccc1. The Morgan fingerprint density at radius 1 is 0.545 bits per heavy atom. The van der Waals surface area contributed by atoms with Crippen LogP contribution in [-0.4, -0.2) is 33.7 Å². The Bertz CT molecular complexity index is 1870. The molecule has 0 aliphatic heterocycles. The highest BCUT2D eigenvalue weighted by atomic mass is 19.1. The molecule has 9 heteroatoms. The van der Waals surface area contributed by atoms with Gasteiger partial charge in [0, 0.05) is 16.7 Å². The molecule has 0 unspecified atom stereocenters. The summed E-state index contributed by atoms with van der Waals surface area (Å²) in [5.41, 5.74) is -2.26. The van der Waals surface area contributed by atoms with Crippen LogP contribution in [-0.2, 0) is 11.3 Å². The fraction of sp³-hybridized carbons (Fsp3) is 0.0286. The number of ketones is 2. The number of aromatic hydroxyl groups is 2. The van der Waals surface area contributed by atoms with Crippen molar-refractivity contribution in [3.63, 3.8) is 0 Å². The van der Waals surface area contributed by atoms with Crippen molar-refractivity contribution in [2.75, 3.05) is 0 Å². The summed E-state index contributed by atoms with van der Waals surface area (Å²) in [6.07, 6.45) is 0. The summed E-state index contributed by atoms with van der Waals surface area (Å²) in [5, 5.41) is 22.4. The molecule has 0 aliphatic rings.